The summed E-state index contributed by atoms with van der Waals surface area (Å²) >= 11 is 0. The van der Waals surface area contributed by atoms with Gasteiger partial charge < -0.3 is 19.3 Å². The Morgan fingerprint density at radius 3 is 2.00 bits per heavy atom. The van der Waals surface area contributed by atoms with E-state index in [4.69, 9.17) is 14.2 Å². The minimum Gasteiger partial charge on any atom is -0.497 e. The van der Waals surface area contributed by atoms with Crippen molar-refractivity contribution >= 4 is 0 Å². The molecule has 0 aliphatic carbocycles. The molecule has 0 saturated heterocycles. The molecule has 1 unspecified atom stereocenters. The van der Waals surface area contributed by atoms with Crippen LogP contribution < -0.4 is 9.47 Å². The average molecular weight is 254 g/mol. The van der Waals surface area contributed by atoms with Crippen LogP contribution in [-0.4, -0.2) is 31.5 Å². The summed E-state index contributed by atoms with van der Waals surface area (Å²) in [7, 11) is 3.16. The van der Waals surface area contributed by atoms with E-state index in [1.54, 1.807) is 32.4 Å². The minimum atomic E-state index is -0.749. The Bertz CT molecular complexity index is 365. The highest BCUT2D eigenvalue weighted by Crippen LogP contribution is 2.33. The molecule has 1 aromatic carbocycles. The normalized spacial score (nSPS) is 13.2. The standard InChI is InChI=1S/C14H22O4/c1-6-18-14(2,3)13(15)10-7-11(16-4)9-12(8-10)17-5/h7-9,13,15H,6H2,1-5H3. The molecule has 0 heterocycles. The maximum atomic E-state index is 10.4. The molecule has 0 radical (unpaired) electrons. The third-order valence-corrected chi connectivity index (χ3v) is 2.86. The summed E-state index contributed by atoms with van der Waals surface area (Å²) < 4.78 is 15.9. The highest BCUT2D eigenvalue weighted by Gasteiger charge is 2.30. The van der Waals surface area contributed by atoms with E-state index in [1.807, 2.05) is 20.8 Å². The molecule has 1 aromatic rings. The van der Waals surface area contributed by atoms with Crippen molar-refractivity contribution in [1.82, 2.24) is 0 Å². The van der Waals surface area contributed by atoms with Crippen molar-refractivity contribution in [2.24, 2.45) is 0 Å². The van der Waals surface area contributed by atoms with E-state index in [-0.39, 0.29) is 0 Å². The van der Waals surface area contributed by atoms with Gasteiger partial charge in [-0.05, 0) is 38.5 Å². The third kappa shape index (κ3) is 3.37. The first-order chi connectivity index (χ1) is 8.44. The van der Waals surface area contributed by atoms with Crippen molar-refractivity contribution in [2.75, 3.05) is 20.8 Å². The topological polar surface area (TPSA) is 47.9 Å². The van der Waals surface area contributed by atoms with Gasteiger partial charge >= 0.3 is 0 Å². The summed E-state index contributed by atoms with van der Waals surface area (Å²) in [5, 5.41) is 10.4. The number of hydrogen-bond donors (Lipinski definition) is 1. The van der Waals surface area contributed by atoms with Gasteiger partial charge in [0.1, 0.15) is 17.6 Å². The van der Waals surface area contributed by atoms with E-state index in [1.165, 1.54) is 0 Å². The van der Waals surface area contributed by atoms with Crippen molar-refractivity contribution in [3.05, 3.63) is 23.8 Å². The van der Waals surface area contributed by atoms with Crippen LogP contribution in [0.3, 0.4) is 0 Å². The SMILES string of the molecule is CCOC(C)(C)C(O)c1cc(OC)cc(OC)c1. The smallest absolute Gasteiger partial charge is 0.122 e. The molecule has 102 valence electrons. The van der Waals surface area contributed by atoms with Crippen LogP contribution in [0.4, 0.5) is 0 Å². The number of hydrogen-bond acceptors (Lipinski definition) is 4. The molecule has 0 saturated carbocycles. The molecule has 0 aliphatic rings. The van der Waals surface area contributed by atoms with E-state index >= 15 is 0 Å². The molecular formula is C14H22O4. The van der Waals surface area contributed by atoms with E-state index in [2.05, 4.69) is 0 Å². The number of aliphatic hydroxyl groups is 1. The van der Waals surface area contributed by atoms with Crippen LogP contribution in [0, 0.1) is 0 Å². The van der Waals surface area contributed by atoms with E-state index in [9.17, 15) is 5.11 Å². The van der Waals surface area contributed by atoms with Gasteiger partial charge in [0, 0.05) is 12.7 Å². The van der Waals surface area contributed by atoms with Crippen molar-refractivity contribution < 1.29 is 19.3 Å². The molecule has 1 N–H and O–H groups in total. The molecule has 0 fully saturated rings. The molecular weight excluding hydrogens is 232 g/mol. The quantitative estimate of drug-likeness (QED) is 0.847. The number of rotatable bonds is 6. The first-order valence-electron chi connectivity index (χ1n) is 5.99. The Morgan fingerprint density at radius 2 is 1.61 bits per heavy atom. The highest BCUT2D eigenvalue weighted by molar-refractivity contribution is 5.40. The van der Waals surface area contributed by atoms with Gasteiger partial charge in [-0.1, -0.05) is 0 Å². The predicted octanol–water partition coefficient (Wildman–Crippen LogP) is 2.55. The molecule has 0 amide bonds. The lowest BCUT2D eigenvalue weighted by Gasteiger charge is -2.31. The van der Waals surface area contributed by atoms with Crippen LogP contribution in [0.5, 0.6) is 11.5 Å². The van der Waals surface area contributed by atoms with Gasteiger partial charge in [-0.2, -0.15) is 0 Å². The second-order valence-corrected chi connectivity index (χ2v) is 4.58. The maximum Gasteiger partial charge on any atom is 0.122 e. The third-order valence-electron chi connectivity index (χ3n) is 2.86. The van der Waals surface area contributed by atoms with Crippen molar-refractivity contribution in [3.63, 3.8) is 0 Å². The fourth-order valence-corrected chi connectivity index (χ4v) is 1.84. The Balaban J connectivity index is 3.07. The second-order valence-electron chi connectivity index (χ2n) is 4.58. The summed E-state index contributed by atoms with van der Waals surface area (Å²) in [6, 6.07) is 5.34. The zero-order valence-electron chi connectivity index (χ0n) is 11.7. The fraction of sp³-hybridized carbons (Fsp3) is 0.571. The Labute approximate surface area is 108 Å². The summed E-state index contributed by atoms with van der Waals surface area (Å²) in [5.74, 6) is 1.30. The van der Waals surface area contributed by atoms with Gasteiger partial charge in [-0.15, -0.1) is 0 Å². The zero-order valence-corrected chi connectivity index (χ0v) is 11.7. The van der Waals surface area contributed by atoms with Crippen LogP contribution in [0.2, 0.25) is 0 Å². The first-order valence-corrected chi connectivity index (χ1v) is 5.99. The highest BCUT2D eigenvalue weighted by atomic mass is 16.5. The first kappa shape index (κ1) is 14.8. The van der Waals surface area contributed by atoms with Gasteiger partial charge in [0.15, 0.2) is 0 Å². The number of ether oxygens (including phenoxy) is 3. The van der Waals surface area contributed by atoms with Crippen LogP contribution in [0.1, 0.15) is 32.4 Å². The van der Waals surface area contributed by atoms with Crippen molar-refractivity contribution in [2.45, 2.75) is 32.5 Å². The minimum absolute atomic E-state index is 0.547. The van der Waals surface area contributed by atoms with Gasteiger partial charge in [-0.3, -0.25) is 0 Å². The summed E-state index contributed by atoms with van der Waals surface area (Å²) in [6.45, 7) is 6.16. The number of benzene rings is 1. The number of methoxy groups -OCH3 is 2. The fourth-order valence-electron chi connectivity index (χ4n) is 1.84. The van der Waals surface area contributed by atoms with E-state index < -0.39 is 11.7 Å². The Kier molecular flexibility index (Phi) is 4.99. The lowest BCUT2D eigenvalue weighted by atomic mass is 9.94. The molecule has 4 heteroatoms. The zero-order chi connectivity index (χ0) is 13.8. The lowest BCUT2D eigenvalue weighted by Crippen LogP contribution is -2.32. The van der Waals surface area contributed by atoms with Gasteiger partial charge in [0.25, 0.3) is 0 Å². The lowest BCUT2D eigenvalue weighted by molar-refractivity contribution is -0.0984. The second kappa shape index (κ2) is 6.07. The predicted molar refractivity (Wildman–Crippen MR) is 70.2 cm³/mol. The van der Waals surface area contributed by atoms with E-state index in [0.717, 1.165) is 0 Å². The molecule has 4 nitrogen and oxygen atoms in total. The van der Waals surface area contributed by atoms with Crippen molar-refractivity contribution in [1.29, 1.82) is 0 Å². The molecule has 0 spiro atoms. The molecule has 18 heavy (non-hydrogen) atoms. The van der Waals surface area contributed by atoms with Crippen LogP contribution in [0.25, 0.3) is 0 Å². The average Bonchev–Trinajstić information content (AvgIpc) is 2.37. The molecule has 0 aliphatic heterocycles. The Morgan fingerprint density at radius 1 is 1.11 bits per heavy atom. The van der Waals surface area contributed by atoms with Crippen LogP contribution >= 0.6 is 0 Å². The molecule has 0 bridgehead atoms. The van der Waals surface area contributed by atoms with Crippen molar-refractivity contribution in [3.8, 4) is 11.5 Å². The number of aliphatic hydroxyl groups excluding tert-OH is 1. The summed E-state index contributed by atoms with van der Waals surface area (Å²) in [4.78, 5) is 0. The largest absolute Gasteiger partial charge is 0.497 e. The monoisotopic (exact) mass is 254 g/mol. The van der Waals surface area contributed by atoms with E-state index in [0.29, 0.717) is 23.7 Å². The molecule has 0 aromatic heterocycles. The van der Waals surface area contributed by atoms with Gasteiger partial charge in [0.2, 0.25) is 0 Å². The van der Waals surface area contributed by atoms with Gasteiger partial charge in [0.05, 0.1) is 19.8 Å². The summed E-state index contributed by atoms with van der Waals surface area (Å²) in [6.07, 6.45) is -0.749. The maximum absolute atomic E-state index is 10.4. The summed E-state index contributed by atoms with van der Waals surface area (Å²) in [5.41, 5.74) is 0.0520. The molecule has 1 rings (SSSR count). The van der Waals surface area contributed by atoms with Crippen LogP contribution in [-0.2, 0) is 4.74 Å². The molecule has 1 atom stereocenters. The van der Waals surface area contributed by atoms with Crippen LogP contribution in [0.15, 0.2) is 18.2 Å². The van der Waals surface area contributed by atoms with Gasteiger partial charge in [-0.25, -0.2) is 0 Å². The Hall–Kier alpha value is -1.26.